The van der Waals surface area contributed by atoms with Crippen LogP contribution < -0.4 is 15.0 Å². The van der Waals surface area contributed by atoms with Crippen LogP contribution in [0.15, 0.2) is 24.3 Å². The minimum atomic E-state index is -0.339. The monoisotopic (exact) mass is 331 g/mol. The molecule has 1 atom stereocenters. The first-order valence-corrected chi connectivity index (χ1v) is 8.74. The number of anilines is 1. The normalized spacial score (nSPS) is 21.4. The second-order valence-corrected chi connectivity index (χ2v) is 6.23. The number of nitrogens with zero attached hydrogens (tertiary/aromatic N) is 2. The molecule has 1 N–H and O–H groups in total. The fourth-order valence-corrected chi connectivity index (χ4v) is 3.37. The van der Waals surface area contributed by atoms with E-state index in [4.69, 9.17) is 4.74 Å². The molecule has 24 heavy (non-hydrogen) atoms. The van der Waals surface area contributed by atoms with Crippen LogP contribution in [0.25, 0.3) is 0 Å². The zero-order valence-electron chi connectivity index (χ0n) is 14.2. The molecule has 0 bridgehead atoms. The third-order valence-electron chi connectivity index (χ3n) is 4.63. The van der Waals surface area contributed by atoms with Gasteiger partial charge in [-0.15, -0.1) is 0 Å². The van der Waals surface area contributed by atoms with Crippen molar-refractivity contribution in [2.24, 2.45) is 0 Å². The van der Waals surface area contributed by atoms with E-state index in [0.717, 1.165) is 37.4 Å². The van der Waals surface area contributed by atoms with Gasteiger partial charge in [0.15, 0.2) is 0 Å². The maximum atomic E-state index is 12.6. The van der Waals surface area contributed by atoms with Crippen molar-refractivity contribution in [3.05, 3.63) is 24.3 Å². The Labute approximate surface area is 142 Å². The van der Waals surface area contributed by atoms with E-state index in [0.29, 0.717) is 26.1 Å². The van der Waals surface area contributed by atoms with Crippen LogP contribution in [0.4, 0.5) is 5.69 Å². The van der Waals surface area contributed by atoms with Gasteiger partial charge in [0, 0.05) is 32.6 Å². The molecular weight excluding hydrogens is 306 g/mol. The summed E-state index contributed by atoms with van der Waals surface area (Å²) in [6, 6.07) is 7.68. The number of carbonyl (C=O) groups excluding carboxylic acids is 2. The first kappa shape index (κ1) is 16.6. The first-order valence-electron chi connectivity index (χ1n) is 8.74. The Kier molecular flexibility index (Phi) is 5.23. The molecule has 0 saturated carbocycles. The SMILES string of the molecule is CCOc1ccccc1N1CCN(C(=O)[C@H]2CCCC(=O)N2)CC1. The van der Waals surface area contributed by atoms with Gasteiger partial charge < -0.3 is 19.9 Å². The van der Waals surface area contributed by atoms with Gasteiger partial charge in [-0.3, -0.25) is 9.59 Å². The van der Waals surface area contributed by atoms with E-state index < -0.39 is 0 Å². The Hall–Kier alpha value is -2.24. The summed E-state index contributed by atoms with van der Waals surface area (Å²) < 4.78 is 5.70. The molecule has 3 rings (SSSR count). The average Bonchev–Trinajstić information content (AvgIpc) is 2.62. The van der Waals surface area contributed by atoms with E-state index in [2.05, 4.69) is 16.3 Å². The lowest BCUT2D eigenvalue weighted by atomic mass is 10.0. The highest BCUT2D eigenvalue weighted by Gasteiger charge is 2.30. The number of benzene rings is 1. The molecule has 6 nitrogen and oxygen atoms in total. The second-order valence-electron chi connectivity index (χ2n) is 6.23. The van der Waals surface area contributed by atoms with Gasteiger partial charge in [0.1, 0.15) is 11.8 Å². The molecule has 130 valence electrons. The lowest BCUT2D eigenvalue weighted by Crippen LogP contribution is -2.56. The summed E-state index contributed by atoms with van der Waals surface area (Å²) >= 11 is 0. The fourth-order valence-electron chi connectivity index (χ4n) is 3.37. The van der Waals surface area contributed by atoms with Gasteiger partial charge in [0.25, 0.3) is 0 Å². The van der Waals surface area contributed by atoms with Crippen LogP contribution in [0.2, 0.25) is 0 Å². The van der Waals surface area contributed by atoms with Crippen molar-refractivity contribution in [1.82, 2.24) is 10.2 Å². The molecule has 0 unspecified atom stereocenters. The number of amides is 2. The summed E-state index contributed by atoms with van der Waals surface area (Å²) in [5.74, 6) is 0.934. The van der Waals surface area contributed by atoms with Crippen LogP contribution in [-0.2, 0) is 9.59 Å². The fraction of sp³-hybridized carbons (Fsp3) is 0.556. The van der Waals surface area contributed by atoms with Gasteiger partial charge in [-0.05, 0) is 31.9 Å². The predicted molar refractivity (Wildman–Crippen MR) is 92.2 cm³/mol. The van der Waals surface area contributed by atoms with Crippen molar-refractivity contribution in [3.63, 3.8) is 0 Å². The molecule has 2 aliphatic rings. The van der Waals surface area contributed by atoms with Crippen LogP contribution in [0, 0.1) is 0 Å². The number of piperazine rings is 1. The highest BCUT2D eigenvalue weighted by atomic mass is 16.5. The predicted octanol–water partition coefficient (Wildman–Crippen LogP) is 1.40. The minimum Gasteiger partial charge on any atom is -0.492 e. The summed E-state index contributed by atoms with van der Waals surface area (Å²) in [6.07, 6.45) is 2.08. The zero-order chi connectivity index (χ0) is 16.9. The summed E-state index contributed by atoms with van der Waals surface area (Å²) in [6.45, 7) is 5.51. The van der Waals surface area contributed by atoms with Gasteiger partial charge in [0.05, 0.1) is 12.3 Å². The van der Waals surface area contributed by atoms with E-state index >= 15 is 0 Å². The third-order valence-corrected chi connectivity index (χ3v) is 4.63. The quantitative estimate of drug-likeness (QED) is 0.906. The van der Waals surface area contributed by atoms with E-state index in [1.165, 1.54) is 0 Å². The van der Waals surface area contributed by atoms with Crippen LogP contribution in [0.3, 0.4) is 0 Å². The lowest BCUT2D eigenvalue weighted by molar-refractivity contribution is -0.138. The summed E-state index contributed by atoms with van der Waals surface area (Å²) in [4.78, 5) is 28.2. The Balaban J connectivity index is 1.59. The van der Waals surface area contributed by atoms with Crippen molar-refractivity contribution in [1.29, 1.82) is 0 Å². The number of para-hydroxylation sites is 2. The summed E-state index contributed by atoms with van der Waals surface area (Å²) in [5, 5.41) is 2.82. The maximum absolute atomic E-state index is 12.6. The number of carbonyl (C=O) groups is 2. The Morgan fingerprint density at radius 2 is 2.00 bits per heavy atom. The molecule has 0 radical (unpaired) electrons. The van der Waals surface area contributed by atoms with Gasteiger partial charge in [-0.1, -0.05) is 12.1 Å². The van der Waals surface area contributed by atoms with Gasteiger partial charge in [-0.25, -0.2) is 0 Å². The molecule has 2 fully saturated rings. The number of hydrogen-bond donors (Lipinski definition) is 1. The van der Waals surface area contributed by atoms with Crippen molar-refractivity contribution in [2.45, 2.75) is 32.2 Å². The number of piperidine rings is 1. The smallest absolute Gasteiger partial charge is 0.245 e. The van der Waals surface area contributed by atoms with E-state index in [1.54, 1.807) is 0 Å². The Bertz CT molecular complexity index is 597. The van der Waals surface area contributed by atoms with E-state index in [9.17, 15) is 9.59 Å². The molecule has 2 heterocycles. The molecular formula is C18H25N3O3. The van der Waals surface area contributed by atoms with Gasteiger partial charge in [0.2, 0.25) is 11.8 Å². The molecule has 1 aromatic rings. The largest absolute Gasteiger partial charge is 0.492 e. The maximum Gasteiger partial charge on any atom is 0.245 e. The van der Waals surface area contributed by atoms with Crippen molar-refractivity contribution in [2.75, 3.05) is 37.7 Å². The standard InChI is InChI=1S/C18H25N3O3/c1-2-24-16-8-4-3-7-15(16)20-10-12-21(13-11-20)18(23)14-6-5-9-17(22)19-14/h3-4,7-8,14H,2,5-6,9-13H2,1H3,(H,19,22)/t14-/m1/s1. The topological polar surface area (TPSA) is 61.9 Å². The van der Waals surface area contributed by atoms with Gasteiger partial charge in [-0.2, -0.15) is 0 Å². The van der Waals surface area contributed by atoms with Crippen LogP contribution in [-0.4, -0.2) is 55.5 Å². The van der Waals surface area contributed by atoms with Crippen LogP contribution in [0.5, 0.6) is 5.75 Å². The highest BCUT2D eigenvalue weighted by molar-refractivity contribution is 5.88. The first-order chi connectivity index (χ1) is 11.7. The molecule has 0 aliphatic carbocycles. The molecule has 2 saturated heterocycles. The summed E-state index contributed by atoms with van der Waals surface area (Å²) in [7, 11) is 0. The Morgan fingerprint density at radius 1 is 1.25 bits per heavy atom. The molecule has 2 amide bonds. The van der Waals surface area contributed by atoms with Crippen LogP contribution >= 0.6 is 0 Å². The zero-order valence-corrected chi connectivity index (χ0v) is 14.2. The number of nitrogens with one attached hydrogen (secondary N) is 1. The Morgan fingerprint density at radius 3 is 2.71 bits per heavy atom. The van der Waals surface area contributed by atoms with Crippen LogP contribution in [0.1, 0.15) is 26.2 Å². The van der Waals surface area contributed by atoms with E-state index in [1.807, 2.05) is 30.0 Å². The van der Waals surface area contributed by atoms with Crippen molar-refractivity contribution < 1.29 is 14.3 Å². The lowest BCUT2D eigenvalue weighted by Gasteiger charge is -2.38. The van der Waals surface area contributed by atoms with Crippen molar-refractivity contribution >= 4 is 17.5 Å². The van der Waals surface area contributed by atoms with E-state index in [-0.39, 0.29) is 17.9 Å². The average molecular weight is 331 g/mol. The number of hydrogen-bond acceptors (Lipinski definition) is 4. The minimum absolute atomic E-state index is 0.0103. The molecule has 1 aromatic carbocycles. The highest BCUT2D eigenvalue weighted by Crippen LogP contribution is 2.29. The van der Waals surface area contributed by atoms with Gasteiger partial charge >= 0.3 is 0 Å². The molecule has 0 aromatic heterocycles. The second kappa shape index (κ2) is 7.55. The molecule has 6 heteroatoms. The van der Waals surface area contributed by atoms with Crippen molar-refractivity contribution in [3.8, 4) is 5.75 Å². The number of rotatable bonds is 4. The molecule has 2 aliphatic heterocycles. The summed E-state index contributed by atoms with van der Waals surface area (Å²) in [5.41, 5.74) is 1.08. The number of ether oxygens (including phenoxy) is 1. The molecule has 0 spiro atoms. The third kappa shape index (κ3) is 3.63.